The number of hydrogen-bond donors (Lipinski definition) is 2. The van der Waals surface area contributed by atoms with Crippen molar-refractivity contribution in [3.8, 4) is 0 Å². The molecule has 214 valence electrons. The van der Waals surface area contributed by atoms with Crippen molar-refractivity contribution in [3.05, 3.63) is 83.1 Å². The lowest BCUT2D eigenvalue weighted by molar-refractivity contribution is -0.126. The number of aryl methyl sites for hydroxylation is 1. The van der Waals surface area contributed by atoms with Gasteiger partial charge < -0.3 is 29.9 Å². The molecule has 1 atom stereocenters. The van der Waals surface area contributed by atoms with Gasteiger partial charge >= 0.3 is 6.09 Å². The first-order chi connectivity index (χ1) is 18.6. The Hall–Kier alpha value is -4.29. The number of nitrogens with one attached hydrogen (secondary N) is 1. The van der Waals surface area contributed by atoms with Crippen LogP contribution in [0.15, 0.2) is 59.1 Å². The summed E-state index contributed by atoms with van der Waals surface area (Å²) in [5.41, 5.74) is 7.77. The standard InChI is InChI=1S/C27H33N7O5.CH4/c1-18-13-21(39-32-18)14-33(4)26(36)38-16-20-11-8-12-23-30-31-24(34(20)23)22(29-25(35)27(2,3)28)17-37-15-19-9-6-5-7-10-19;/h5-13,22H,14-17,28H2,1-4H3,(H,29,35);1H4/t22-;/m1./s1. The van der Waals surface area contributed by atoms with Crippen LogP contribution in [0.1, 0.15) is 55.9 Å². The molecule has 0 fully saturated rings. The van der Waals surface area contributed by atoms with Crippen LogP contribution < -0.4 is 11.1 Å². The second-order valence-electron chi connectivity index (χ2n) is 9.86. The number of pyridine rings is 1. The monoisotopic (exact) mass is 551 g/mol. The van der Waals surface area contributed by atoms with Gasteiger partial charge in [0, 0.05) is 13.1 Å². The molecule has 0 aliphatic rings. The Morgan fingerprint density at radius 2 is 1.88 bits per heavy atom. The average Bonchev–Trinajstić information content (AvgIpc) is 3.52. The molecule has 0 aliphatic heterocycles. The quantitative estimate of drug-likeness (QED) is 0.285. The van der Waals surface area contributed by atoms with E-state index in [1.165, 1.54) is 4.90 Å². The number of carbonyl (C=O) groups is 2. The fourth-order valence-electron chi connectivity index (χ4n) is 3.80. The smallest absolute Gasteiger partial charge is 0.410 e. The largest absolute Gasteiger partial charge is 0.443 e. The maximum absolute atomic E-state index is 12.8. The van der Waals surface area contributed by atoms with Crippen LogP contribution in [-0.2, 0) is 34.0 Å². The molecule has 0 aliphatic carbocycles. The molecule has 4 rings (SSSR count). The van der Waals surface area contributed by atoms with Crippen LogP contribution in [0.25, 0.3) is 5.65 Å². The van der Waals surface area contributed by atoms with Crippen LogP contribution in [0.2, 0.25) is 0 Å². The number of carbonyl (C=O) groups excluding carboxylic acids is 2. The first kappa shape index (κ1) is 30.3. The molecule has 2 amide bonds. The van der Waals surface area contributed by atoms with E-state index in [1.807, 2.05) is 30.3 Å². The normalized spacial score (nSPS) is 12.0. The average molecular weight is 552 g/mol. The van der Waals surface area contributed by atoms with E-state index in [2.05, 4.69) is 20.7 Å². The van der Waals surface area contributed by atoms with Crippen LogP contribution in [0, 0.1) is 6.92 Å². The highest BCUT2D eigenvalue weighted by Crippen LogP contribution is 2.19. The molecule has 0 saturated heterocycles. The van der Waals surface area contributed by atoms with Crippen molar-refractivity contribution >= 4 is 17.6 Å². The molecule has 0 radical (unpaired) electrons. The highest BCUT2D eigenvalue weighted by atomic mass is 16.6. The van der Waals surface area contributed by atoms with Crippen LogP contribution in [0.3, 0.4) is 0 Å². The van der Waals surface area contributed by atoms with Crippen molar-refractivity contribution in [2.45, 2.75) is 59.5 Å². The van der Waals surface area contributed by atoms with E-state index in [0.717, 1.165) is 11.3 Å². The maximum atomic E-state index is 12.8. The Morgan fingerprint density at radius 3 is 2.55 bits per heavy atom. The Morgan fingerprint density at radius 1 is 1.12 bits per heavy atom. The molecule has 3 aromatic heterocycles. The van der Waals surface area contributed by atoms with Gasteiger partial charge in [-0.05, 0) is 38.5 Å². The van der Waals surface area contributed by atoms with E-state index >= 15 is 0 Å². The first-order valence-corrected chi connectivity index (χ1v) is 12.5. The fraction of sp³-hybridized carbons (Fsp3) is 0.393. The van der Waals surface area contributed by atoms with Gasteiger partial charge in [0.2, 0.25) is 5.91 Å². The molecule has 3 N–H and O–H groups in total. The van der Waals surface area contributed by atoms with Crippen molar-refractivity contribution in [3.63, 3.8) is 0 Å². The molecule has 3 heterocycles. The lowest BCUT2D eigenvalue weighted by Gasteiger charge is -2.24. The number of benzene rings is 1. The van der Waals surface area contributed by atoms with Crippen molar-refractivity contribution in [1.82, 2.24) is 30.0 Å². The van der Waals surface area contributed by atoms with Crippen molar-refractivity contribution in [2.75, 3.05) is 13.7 Å². The van der Waals surface area contributed by atoms with Gasteiger partial charge in [0.15, 0.2) is 17.2 Å². The minimum atomic E-state index is -1.12. The number of hydrogen-bond acceptors (Lipinski definition) is 9. The summed E-state index contributed by atoms with van der Waals surface area (Å²) in [6.45, 7) is 5.65. The van der Waals surface area contributed by atoms with Gasteiger partial charge in [0.1, 0.15) is 12.6 Å². The minimum absolute atomic E-state index is 0. The zero-order valence-electron chi connectivity index (χ0n) is 22.5. The Kier molecular flexibility index (Phi) is 9.97. The summed E-state index contributed by atoms with van der Waals surface area (Å²) in [7, 11) is 1.61. The van der Waals surface area contributed by atoms with E-state index in [1.54, 1.807) is 56.5 Å². The van der Waals surface area contributed by atoms with E-state index < -0.39 is 17.7 Å². The third-order valence-corrected chi connectivity index (χ3v) is 5.86. The summed E-state index contributed by atoms with van der Waals surface area (Å²) in [5.74, 6) is 0.598. The molecule has 1 aromatic carbocycles. The topological polar surface area (TPSA) is 150 Å². The van der Waals surface area contributed by atoms with Gasteiger partial charge in [-0.2, -0.15) is 0 Å². The third kappa shape index (κ3) is 7.64. The van der Waals surface area contributed by atoms with E-state index in [0.29, 0.717) is 29.5 Å². The molecule has 4 aromatic rings. The van der Waals surface area contributed by atoms with Crippen LogP contribution in [0.4, 0.5) is 4.79 Å². The third-order valence-electron chi connectivity index (χ3n) is 5.86. The summed E-state index contributed by atoms with van der Waals surface area (Å²) in [6, 6.07) is 16.1. The van der Waals surface area contributed by atoms with Crippen molar-refractivity contribution < 1.29 is 23.6 Å². The van der Waals surface area contributed by atoms with Crippen LogP contribution in [0.5, 0.6) is 0 Å². The van der Waals surface area contributed by atoms with Crippen molar-refractivity contribution in [2.24, 2.45) is 5.73 Å². The number of fused-ring (bicyclic) bond motifs is 1. The van der Waals surface area contributed by atoms with Crippen LogP contribution >= 0.6 is 0 Å². The van der Waals surface area contributed by atoms with E-state index in [4.69, 9.17) is 19.7 Å². The molecule has 0 unspecified atom stereocenters. The molecule has 12 nitrogen and oxygen atoms in total. The number of rotatable bonds is 11. The predicted molar refractivity (Wildman–Crippen MR) is 148 cm³/mol. The van der Waals surface area contributed by atoms with Gasteiger partial charge in [0.05, 0.1) is 36.7 Å². The fourth-order valence-corrected chi connectivity index (χ4v) is 3.80. The second kappa shape index (κ2) is 13.2. The number of aromatic nitrogens is 4. The SMILES string of the molecule is C.Cc1cc(CN(C)C(=O)OCc2cccc3nnc([C@@H](COCc4ccccc4)NC(=O)C(C)(C)N)n23)on1. The second-order valence-corrected chi connectivity index (χ2v) is 9.86. The number of ether oxygens (including phenoxy) is 2. The Bertz CT molecular complexity index is 1410. The molecule has 0 bridgehead atoms. The zero-order chi connectivity index (χ0) is 28.0. The summed E-state index contributed by atoms with van der Waals surface area (Å²) in [5, 5.41) is 15.4. The molecule has 0 saturated carbocycles. The number of amides is 2. The minimum Gasteiger partial charge on any atom is -0.443 e. The maximum Gasteiger partial charge on any atom is 0.410 e. The summed E-state index contributed by atoms with van der Waals surface area (Å²) in [6.07, 6.45) is -0.545. The zero-order valence-corrected chi connectivity index (χ0v) is 22.5. The Labute approximate surface area is 233 Å². The molecule has 0 spiro atoms. The van der Waals surface area contributed by atoms with E-state index in [-0.39, 0.29) is 33.1 Å². The van der Waals surface area contributed by atoms with Gasteiger partial charge in [-0.25, -0.2) is 4.79 Å². The van der Waals surface area contributed by atoms with Crippen molar-refractivity contribution in [1.29, 1.82) is 0 Å². The highest BCUT2D eigenvalue weighted by Gasteiger charge is 2.28. The van der Waals surface area contributed by atoms with E-state index in [9.17, 15) is 9.59 Å². The molecular weight excluding hydrogens is 514 g/mol. The van der Waals surface area contributed by atoms with Crippen LogP contribution in [-0.4, -0.2) is 55.8 Å². The lowest BCUT2D eigenvalue weighted by atomic mass is 10.1. The molecular formula is C28H37N7O5. The van der Waals surface area contributed by atoms with Gasteiger partial charge in [-0.15, -0.1) is 10.2 Å². The number of nitrogens with zero attached hydrogens (tertiary/aromatic N) is 5. The number of nitrogens with two attached hydrogens (primary N) is 1. The van der Waals surface area contributed by atoms with Gasteiger partial charge in [-0.1, -0.05) is 49.0 Å². The first-order valence-electron chi connectivity index (χ1n) is 12.5. The summed E-state index contributed by atoms with van der Waals surface area (Å²) in [4.78, 5) is 26.9. The molecule has 40 heavy (non-hydrogen) atoms. The van der Waals surface area contributed by atoms with Gasteiger partial charge in [0.25, 0.3) is 0 Å². The van der Waals surface area contributed by atoms with Gasteiger partial charge in [-0.3, -0.25) is 9.20 Å². The Balaban J connectivity index is 0.00000441. The summed E-state index contributed by atoms with van der Waals surface area (Å²) < 4.78 is 18.4. The highest BCUT2D eigenvalue weighted by molar-refractivity contribution is 5.85. The molecule has 12 heteroatoms. The lowest BCUT2D eigenvalue weighted by Crippen LogP contribution is -2.51. The summed E-state index contributed by atoms with van der Waals surface area (Å²) >= 11 is 0. The predicted octanol–water partition coefficient (Wildman–Crippen LogP) is 3.54.